The van der Waals surface area contributed by atoms with Crippen LogP contribution in [0, 0.1) is 0 Å². The number of anilines is 1. The van der Waals surface area contributed by atoms with Gasteiger partial charge in [0.15, 0.2) is 12.4 Å². The van der Waals surface area contributed by atoms with Crippen molar-refractivity contribution in [1.82, 2.24) is 19.6 Å². The van der Waals surface area contributed by atoms with Gasteiger partial charge in [-0.05, 0) is 42.0 Å². The SMILES string of the molecule is O=C(Nc1cnn(Cc2cccc(C(F)(F)F)c2)c1)c1ccn(COc2cccc(Cl)c2)n1. The van der Waals surface area contributed by atoms with Crippen LogP contribution in [0.15, 0.2) is 73.2 Å². The lowest BCUT2D eigenvalue weighted by Crippen LogP contribution is -2.14. The van der Waals surface area contributed by atoms with Crippen LogP contribution in [0.5, 0.6) is 5.75 Å². The van der Waals surface area contributed by atoms with Crippen molar-refractivity contribution < 1.29 is 22.7 Å². The van der Waals surface area contributed by atoms with Gasteiger partial charge in [-0.1, -0.05) is 29.8 Å². The van der Waals surface area contributed by atoms with Crippen molar-refractivity contribution in [2.45, 2.75) is 19.5 Å². The molecule has 0 fully saturated rings. The van der Waals surface area contributed by atoms with Gasteiger partial charge in [0.2, 0.25) is 0 Å². The Hall–Kier alpha value is -3.79. The zero-order valence-electron chi connectivity index (χ0n) is 17.0. The fourth-order valence-electron chi connectivity index (χ4n) is 2.99. The molecule has 170 valence electrons. The molecule has 0 spiro atoms. The number of aromatic nitrogens is 4. The first kappa shape index (κ1) is 22.4. The second-order valence-electron chi connectivity index (χ2n) is 7.05. The number of alkyl halides is 3. The van der Waals surface area contributed by atoms with Crippen LogP contribution < -0.4 is 10.1 Å². The van der Waals surface area contributed by atoms with Crippen molar-refractivity contribution in [3.63, 3.8) is 0 Å². The molecule has 4 rings (SSSR count). The summed E-state index contributed by atoms with van der Waals surface area (Å²) in [5.41, 5.74) is 0.256. The van der Waals surface area contributed by atoms with E-state index in [-0.39, 0.29) is 19.0 Å². The number of benzene rings is 2. The number of nitrogens with one attached hydrogen (secondary N) is 1. The van der Waals surface area contributed by atoms with E-state index in [9.17, 15) is 18.0 Å². The minimum absolute atomic E-state index is 0.0859. The molecule has 0 aliphatic heterocycles. The summed E-state index contributed by atoms with van der Waals surface area (Å²) in [4.78, 5) is 12.5. The number of nitrogens with zero attached hydrogens (tertiary/aromatic N) is 4. The molecule has 0 saturated carbocycles. The van der Waals surface area contributed by atoms with Crippen molar-refractivity contribution >= 4 is 23.2 Å². The van der Waals surface area contributed by atoms with Gasteiger partial charge in [-0.25, -0.2) is 4.68 Å². The Morgan fingerprint density at radius 2 is 1.91 bits per heavy atom. The highest BCUT2D eigenvalue weighted by Crippen LogP contribution is 2.29. The van der Waals surface area contributed by atoms with Gasteiger partial charge in [-0.15, -0.1) is 0 Å². The molecule has 4 aromatic rings. The number of amides is 1. The van der Waals surface area contributed by atoms with Gasteiger partial charge in [-0.3, -0.25) is 9.48 Å². The maximum Gasteiger partial charge on any atom is 0.416 e. The van der Waals surface area contributed by atoms with Crippen molar-refractivity contribution in [1.29, 1.82) is 0 Å². The Morgan fingerprint density at radius 3 is 2.70 bits per heavy atom. The van der Waals surface area contributed by atoms with E-state index in [4.69, 9.17) is 16.3 Å². The highest BCUT2D eigenvalue weighted by molar-refractivity contribution is 6.30. The zero-order valence-corrected chi connectivity index (χ0v) is 17.7. The van der Waals surface area contributed by atoms with E-state index in [1.165, 1.54) is 33.9 Å². The maximum absolute atomic E-state index is 12.9. The van der Waals surface area contributed by atoms with Gasteiger partial charge in [0, 0.05) is 17.4 Å². The molecule has 0 radical (unpaired) electrons. The fraction of sp³-hybridized carbons (Fsp3) is 0.136. The van der Waals surface area contributed by atoms with E-state index in [1.54, 1.807) is 36.5 Å². The molecule has 1 N–H and O–H groups in total. The van der Waals surface area contributed by atoms with Gasteiger partial charge in [0.05, 0.1) is 24.0 Å². The predicted molar refractivity (Wildman–Crippen MR) is 115 cm³/mol. The minimum atomic E-state index is -4.41. The number of ether oxygens (including phenoxy) is 1. The molecule has 0 aliphatic carbocycles. The average molecular weight is 476 g/mol. The highest BCUT2D eigenvalue weighted by Gasteiger charge is 2.30. The van der Waals surface area contributed by atoms with Crippen LogP contribution in [0.1, 0.15) is 21.6 Å². The Morgan fingerprint density at radius 1 is 1.09 bits per heavy atom. The average Bonchev–Trinajstić information content (AvgIpc) is 3.42. The molecule has 2 heterocycles. The van der Waals surface area contributed by atoms with Crippen LogP contribution in [0.25, 0.3) is 0 Å². The summed E-state index contributed by atoms with van der Waals surface area (Å²) in [5, 5.41) is 11.5. The molecule has 11 heteroatoms. The third kappa shape index (κ3) is 5.92. The van der Waals surface area contributed by atoms with Crippen molar-refractivity contribution in [3.8, 4) is 5.75 Å². The number of hydrogen-bond donors (Lipinski definition) is 1. The first-order valence-corrected chi connectivity index (χ1v) is 10.1. The monoisotopic (exact) mass is 475 g/mol. The van der Waals surface area contributed by atoms with Gasteiger partial charge < -0.3 is 10.1 Å². The van der Waals surface area contributed by atoms with Crippen LogP contribution in [0.4, 0.5) is 18.9 Å². The second-order valence-corrected chi connectivity index (χ2v) is 7.49. The third-order valence-corrected chi connectivity index (χ3v) is 4.76. The van der Waals surface area contributed by atoms with E-state index in [1.807, 2.05) is 0 Å². The zero-order chi connectivity index (χ0) is 23.4. The molecule has 33 heavy (non-hydrogen) atoms. The lowest BCUT2D eigenvalue weighted by atomic mass is 10.1. The smallest absolute Gasteiger partial charge is 0.416 e. The molecule has 2 aromatic heterocycles. The number of halogens is 4. The van der Waals surface area contributed by atoms with Gasteiger partial charge in [0.1, 0.15) is 5.75 Å². The number of rotatable bonds is 7. The summed E-state index contributed by atoms with van der Waals surface area (Å²) in [5.74, 6) is 0.104. The lowest BCUT2D eigenvalue weighted by molar-refractivity contribution is -0.137. The fourth-order valence-corrected chi connectivity index (χ4v) is 3.18. The number of carbonyl (C=O) groups excluding carboxylic acids is 1. The van der Waals surface area contributed by atoms with E-state index >= 15 is 0 Å². The molecule has 7 nitrogen and oxygen atoms in total. The number of carbonyl (C=O) groups is 1. The summed E-state index contributed by atoms with van der Waals surface area (Å²) in [6.45, 7) is 0.206. The number of hydrogen-bond acceptors (Lipinski definition) is 4. The molecule has 1 amide bonds. The highest BCUT2D eigenvalue weighted by atomic mass is 35.5. The van der Waals surface area contributed by atoms with Crippen LogP contribution in [-0.2, 0) is 19.5 Å². The molecule has 0 bridgehead atoms. The summed E-state index contributed by atoms with van der Waals surface area (Å²) in [6, 6.07) is 13.4. The summed E-state index contributed by atoms with van der Waals surface area (Å²) in [7, 11) is 0. The largest absolute Gasteiger partial charge is 0.471 e. The molecular weight excluding hydrogens is 459 g/mol. The topological polar surface area (TPSA) is 74.0 Å². The molecular formula is C22H17ClF3N5O2. The van der Waals surface area contributed by atoms with E-state index in [2.05, 4.69) is 15.5 Å². The Balaban J connectivity index is 1.34. The quantitative estimate of drug-likeness (QED) is 0.404. The Bertz CT molecular complexity index is 1270. The van der Waals surface area contributed by atoms with E-state index in [0.717, 1.165) is 12.1 Å². The van der Waals surface area contributed by atoms with Crippen LogP contribution >= 0.6 is 11.6 Å². The molecule has 2 aromatic carbocycles. The van der Waals surface area contributed by atoms with Crippen molar-refractivity contribution in [2.24, 2.45) is 0 Å². The maximum atomic E-state index is 12.9. The minimum Gasteiger partial charge on any atom is -0.471 e. The Kier molecular flexibility index (Phi) is 6.36. The molecule has 0 aliphatic rings. The van der Waals surface area contributed by atoms with E-state index < -0.39 is 17.6 Å². The third-order valence-electron chi connectivity index (χ3n) is 4.52. The summed E-state index contributed by atoms with van der Waals surface area (Å²) >= 11 is 5.91. The second kappa shape index (κ2) is 9.37. The standard InChI is InChI=1S/C22H17ClF3N5O2/c23-17-5-2-6-19(10-17)33-14-30-8-7-20(29-30)21(32)28-18-11-27-31(13-18)12-15-3-1-4-16(9-15)22(24,25)26/h1-11,13H,12,14H2,(H,28,32). The Labute approximate surface area is 191 Å². The molecule has 0 atom stereocenters. The van der Waals surface area contributed by atoms with Crippen LogP contribution in [-0.4, -0.2) is 25.5 Å². The summed E-state index contributed by atoms with van der Waals surface area (Å²) in [6.07, 6.45) is 0.112. The molecule has 0 saturated heterocycles. The van der Waals surface area contributed by atoms with Crippen LogP contribution in [0.3, 0.4) is 0 Å². The van der Waals surface area contributed by atoms with Crippen LogP contribution in [0.2, 0.25) is 5.02 Å². The van der Waals surface area contributed by atoms with Gasteiger partial charge in [-0.2, -0.15) is 23.4 Å². The first-order valence-electron chi connectivity index (χ1n) is 9.68. The molecule has 0 unspecified atom stereocenters. The van der Waals surface area contributed by atoms with Crippen molar-refractivity contribution in [3.05, 3.63) is 95.0 Å². The van der Waals surface area contributed by atoms with E-state index in [0.29, 0.717) is 22.0 Å². The first-order chi connectivity index (χ1) is 15.8. The predicted octanol–water partition coefficient (Wildman–Crippen LogP) is 5.09. The normalized spacial score (nSPS) is 11.4. The van der Waals surface area contributed by atoms with Gasteiger partial charge in [0.25, 0.3) is 5.91 Å². The lowest BCUT2D eigenvalue weighted by Gasteiger charge is -2.08. The van der Waals surface area contributed by atoms with Crippen molar-refractivity contribution in [2.75, 3.05) is 5.32 Å². The summed E-state index contributed by atoms with van der Waals surface area (Å²) < 4.78 is 47.1. The van der Waals surface area contributed by atoms with Gasteiger partial charge >= 0.3 is 6.18 Å².